The first-order valence-corrected chi connectivity index (χ1v) is 8.70. The molecule has 0 bridgehead atoms. The van der Waals surface area contributed by atoms with Crippen molar-refractivity contribution in [3.05, 3.63) is 54.1 Å². The van der Waals surface area contributed by atoms with Gasteiger partial charge in [-0.15, -0.1) is 11.8 Å². The fourth-order valence-corrected chi connectivity index (χ4v) is 2.49. The normalized spacial score (nSPS) is 10.5. The first kappa shape index (κ1) is 18.0. The summed E-state index contributed by atoms with van der Waals surface area (Å²) in [5.74, 6) is 0.0462. The van der Waals surface area contributed by atoms with Crippen molar-refractivity contribution in [3.63, 3.8) is 0 Å². The fraction of sp³-hybridized carbons (Fsp3) is 0.222. The number of nitrogens with one attached hydrogen (secondary N) is 2. The molecule has 0 atom stereocenters. The Kier molecular flexibility index (Phi) is 6.40. The highest BCUT2D eigenvalue weighted by molar-refractivity contribution is 7.98. The topological polar surface area (TPSA) is 61.4 Å². The molecule has 0 aliphatic carbocycles. The summed E-state index contributed by atoms with van der Waals surface area (Å²) in [7, 11) is 3.70. The van der Waals surface area contributed by atoms with Gasteiger partial charge in [-0.25, -0.2) is 4.79 Å². The number of likely N-dealkylation sites (N-methyl/N-ethyl adjacent to an activating group) is 1. The molecule has 0 saturated heterocycles. The summed E-state index contributed by atoms with van der Waals surface area (Å²) in [6.45, 7) is 0.360. The van der Waals surface area contributed by atoms with Crippen LogP contribution in [0.3, 0.4) is 0 Å². The van der Waals surface area contributed by atoms with E-state index in [0.717, 1.165) is 10.6 Å². The summed E-state index contributed by atoms with van der Waals surface area (Å²) in [4.78, 5) is 26.9. The lowest BCUT2D eigenvalue weighted by Crippen LogP contribution is -2.22. The third-order valence-corrected chi connectivity index (χ3v) is 4.02. The van der Waals surface area contributed by atoms with Gasteiger partial charge in [-0.2, -0.15) is 0 Å². The quantitative estimate of drug-likeness (QED) is 0.619. The Morgan fingerprint density at radius 3 is 1.88 bits per heavy atom. The molecule has 0 spiro atoms. The van der Waals surface area contributed by atoms with Crippen LogP contribution in [0.25, 0.3) is 0 Å². The molecule has 0 unspecified atom stereocenters. The zero-order valence-electron chi connectivity index (χ0n) is 14.0. The molecule has 0 saturated carbocycles. The van der Waals surface area contributed by atoms with Gasteiger partial charge >= 0.3 is 6.03 Å². The van der Waals surface area contributed by atoms with Crippen molar-refractivity contribution in [2.45, 2.75) is 4.90 Å². The lowest BCUT2D eigenvalue weighted by Gasteiger charge is -2.10. The maximum atomic E-state index is 12.0. The van der Waals surface area contributed by atoms with Gasteiger partial charge in [0.15, 0.2) is 5.78 Å². The molecule has 0 fully saturated rings. The number of benzene rings is 2. The molecule has 5 nitrogen and oxygen atoms in total. The van der Waals surface area contributed by atoms with E-state index in [9.17, 15) is 9.59 Å². The van der Waals surface area contributed by atoms with E-state index < -0.39 is 0 Å². The molecular formula is C18H21N3O2S. The minimum Gasteiger partial charge on any atom is -0.308 e. The summed E-state index contributed by atoms with van der Waals surface area (Å²) in [6, 6.07) is 14.2. The van der Waals surface area contributed by atoms with Crippen molar-refractivity contribution in [3.8, 4) is 0 Å². The van der Waals surface area contributed by atoms with Gasteiger partial charge in [-0.1, -0.05) is 0 Å². The van der Waals surface area contributed by atoms with E-state index >= 15 is 0 Å². The SMILES string of the molecule is CSc1ccc(NC(=O)Nc2ccc(C(=O)CN(C)C)cc2)cc1. The van der Waals surface area contributed by atoms with Crippen molar-refractivity contribution in [2.75, 3.05) is 37.5 Å². The second kappa shape index (κ2) is 8.52. The number of anilines is 2. The van der Waals surface area contributed by atoms with Gasteiger partial charge in [-0.3, -0.25) is 4.79 Å². The molecule has 0 aliphatic heterocycles. The highest BCUT2D eigenvalue weighted by Gasteiger charge is 2.08. The summed E-state index contributed by atoms with van der Waals surface area (Å²) < 4.78 is 0. The zero-order valence-corrected chi connectivity index (χ0v) is 14.8. The monoisotopic (exact) mass is 343 g/mol. The number of carbonyl (C=O) groups excluding carboxylic acids is 2. The van der Waals surface area contributed by atoms with Gasteiger partial charge in [-0.05, 0) is 68.9 Å². The second-order valence-corrected chi connectivity index (χ2v) is 6.43. The van der Waals surface area contributed by atoms with E-state index in [0.29, 0.717) is 17.8 Å². The highest BCUT2D eigenvalue weighted by atomic mass is 32.2. The number of nitrogens with zero attached hydrogens (tertiary/aromatic N) is 1. The van der Waals surface area contributed by atoms with Gasteiger partial charge < -0.3 is 15.5 Å². The molecule has 0 aliphatic rings. The van der Waals surface area contributed by atoms with E-state index in [-0.39, 0.29) is 11.8 Å². The van der Waals surface area contributed by atoms with Crippen LogP contribution in [-0.2, 0) is 0 Å². The van der Waals surface area contributed by atoms with Crippen molar-refractivity contribution in [1.82, 2.24) is 4.90 Å². The molecule has 2 amide bonds. The minimum atomic E-state index is -0.320. The van der Waals surface area contributed by atoms with Crippen molar-refractivity contribution < 1.29 is 9.59 Å². The number of rotatable bonds is 6. The lowest BCUT2D eigenvalue weighted by atomic mass is 10.1. The molecule has 6 heteroatoms. The zero-order chi connectivity index (χ0) is 17.5. The summed E-state index contributed by atoms with van der Waals surface area (Å²) in [6.07, 6.45) is 2.00. The van der Waals surface area contributed by atoms with E-state index in [1.54, 1.807) is 36.0 Å². The van der Waals surface area contributed by atoms with Crippen molar-refractivity contribution in [2.24, 2.45) is 0 Å². The Hall–Kier alpha value is -2.31. The van der Waals surface area contributed by atoms with Crippen LogP contribution in [0, 0.1) is 0 Å². The molecule has 24 heavy (non-hydrogen) atoms. The standard InChI is InChI=1S/C18H21N3O2S/c1-21(2)12-17(22)13-4-6-14(7-5-13)19-18(23)20-15-8-10-16(24-3)11-9-15/h4-11H,12H2,1-3H3,(H2,19,20,23). The van der Waals surface area contributed by atoms with Gasteiger partial charge in [0.1, 0.15) is 0 Å². The van der Waals surface area contributed by atoms with Crippen LogP contribution in [0.4, 0.5) is 16.2 Å². The molecule has 0 radical (unpaired) electrons. The molecule has 2 N–H and O–H groups in total. The number of thioether (sulfide) groups is 1. The van der Waals surface area contributed by atoms with E-state index in [2.05, 4.69) is 10.6 Å². The summed E-state index contributed by atoms with van der Waals surface area (Å²) >= 11 is 1.65. The van der Waals surface area contributed by atoms with Crippen LogP contribution in [0.2, 0.25) is 0 Å². The van der Waals surface area contributed by atoms with Crippen LogP contribution >= 0.6 is 11.8 Å². The van der Waals surface area contributed by atoms with E-state index in [4.69, 9.17) is 0 Å². The number of carbonyl (C=O) groups is 2. The third kappa shape index (κ3) is 5.40. The minimum absolute atomic E-state index is 0.0462. The Balaban J connectivity index is 1.92. The van der Waals surface area contributed by atoms with E-state index in [1.165, 1.54) is 0 Å². The number of Topliss-reactive ketones (excluding diaryl/α,β-unsaturated/α-hetero) is 1. The number of hydrogen-bond acceptors (Lipinski definition) is 4. The predicted octanol–water partition coefficient (Wildman–Crippen LogP) is 3.80. The maximum absolute atomic E-state index is 12.0. The van der Waals surface area contributed by atoms with Crippen LogP contribution in [-0.4, -0.2) is 43.6 Å². The maximum Gasteiger partial charge on any atom is 0.323 e. The van der Waals surface area contributed by atoms with Gasteiger partial charge in [0.2, 0.25) is 0 Å². The predicted molar refractivity (Wildman–Crippen MR) is 100 cm³/mol. The first-order valence-electron chi connectivity index (χ1n) is 7.48. The van der Waals surface area contributed by atoms with Gasteiger partial charge in [0, 0.05) is 21.8 Å². The Bertz CT molecular complexity index is 697. The molecule has 126 valence electrons. The molecule has 2 aromatic carbocycles. The molecular weight excluding hydrogens is 322 g/mol. The van der Waals surface area contributed by atoms with Gasteiger partial charge in [0.25, 0.3) is 0 Å². The summed E-state index contributed by atoms with van der Waals surface area (Å²) in [5.41, 5.74) is 1.99. The lowest BCUT2D eigenvalue weighted by molar-refractivity contribution is 0.0958. The molecule has 2 rings (SSSR count). The third-order valence-electron chi connectivity index (χ3n) is 3.27. The largest absolute Gasteiger partial charge is 0.323 e. The molecule has 2 aromatic rings. The highest BCUT2D eigenvalue weighted by Crippen LogP contribution is 2.18. The van der Waals surface area contributed by atoms with Crippen molar-refractivity contribution in [1.29, 1.82) is 0 Å². The smallest absolute Gasteiger partial charge is 0.308 e. The molecule has 0 aromatic heterocycles. The number of amides is 2. The number of ketones is 1. The number of urea groups is 1. The number of hydrogen-bond donors (Lipinski definition) is 2. The molecule has 0 heterocycles. The average Bonchev–Trinajstić information content (AvgIpc) is 2.55. The van der Waals surface area contributed by atoms with Crippen LogP contribution in [0.1, 0.15) is 10.4 Å². The van der Waals surface area contributed by atoms with E-state index in [1.807, 2.05) is 49.5 Å². The average molecular weight is 343 g/mol. The Morgan fingerprint density at radius 2 is 1.42 bits per heavy atom. The van der Waals surface area contributed by atoms with Crippen LogP contribution < -0.4 is 10.6 Å². The second-order valence-electron chi connectivity index (χ2n) is 5.55. The Morgan fingerprint density at radius 1 is 0.917 bits per heavy atom. The summed E-state index contributed by atoms with van der Waals surface area (Å²) in [5, 5.41) is 5.52. The first-order chi connectivity index (χ1) is 11.5. The Labute approximate surface area is 146 Å². The van der Waals surface area contributed by atoms with Crippen LogP contribution in [0.15, 0.2) is 53.4 Å². The van der Waals surface area contributed by atoms with Gasteiger partial charge in [0.05, 0.1) is 6.54 Å². The van der Waals surface area contributed by atoms with Crippen LogP contribution in [0.5, 0.6) is 0 Å². The van der Waals surface area contributed by atoms with Crippen molar-refractivity contribution >= 4 is 35.0 Å². The fourth-order valence-electron chi connectivity index (χ4n) is 2.09.